The lowest BCUT2D eigenvalue weighted by molar-refractivity contribution is 0.0526. The van der Waals surface area contributed by atoms with E-state index in [-0.39, 0.29) is 23.6 Å². The first-order chi connectivity index (χ1) is 12.3. The van der Waals surface area contributed by atoms with E-state index in [9.17, 15) is 14.7 Å². The summed E-state index contributed by atoms with van der Waals surface area (Å²) >= 11 is 0. The fourth-order valence-corrected chi connectivity index (χ4v) is 3.45. The number of ether oxygens (including phenoxy) is 1. The van der Waals surface area contributed by atoms with Crippen molar-refractivity contribution in [2.45, 2.75) is 45.8 Å². The predicted molar refractivity (Wildman–Crippen MR) is 96.1 cm³/mol. The van der Waals surface area contributed by atoms with Crippen LogP contribution in [-0.4, -0.2) is 45.3 Å². The van der Waals surface area contributed by atoms with E-state index in [1.807, 2.05) is 13.8 Å². The van der Waals surface area contributed by atoms with Crippen LogP contribution in [0.15, 0.2) is 18.5 Å². The molecule has 2 aromatic rings. The molecule has 8 heteroatoms. The van der Waals surface area contributed by atoms with Gasteiger partial charge < -0.3 is 20.9 Å². The Kier molecular flexibility index (Phi) is 4.62. The molecule has 4 N–H and O–H groups in total. The molecule has 2 atom stereocenters. The van der Waals surface area contributed by atoms with E-state index in [1.54, 1.807) is 19.2 Å². The molecule has 2 heterocycles. The van der Waals surface area contributed by atoms with Gasteiger partial charge in [0.2, 0.25) is 0 Å². The van der Waals surface area contributed by atoms with Gasteiger partial charge in [-0.3, -0.25) is 4.79 Å². The number of aliphatic hydroxyl groups is 1. The van der Waals surface area contributed by atoms with Crippen molar-refractivity contribution < 1.29 is 19.4 Å². The summed E-state index contributed by atoms with van der Waals surface area (Å²) in [6, 6.07) is 1.57. The molecular weight excluding hydrogens is 336 g/mol. The Morgan fingerprint density at radius 3 is 2.77 bits per heavy atom. The zero-order valence-electron chi connectivity index (χ0n) is 15.2. The van der Waals surface area contributed by atoms with Crippen molar-refractivity contribution in [3.63, 3.8) is 0 Å². The van der Waals surface area contributed by atoms with E-state index in [1.165, 1.54) is 10.7 Å². The van der Waals surface area contributed by atoms with E-state index in [0.717, 1.165) is 6.42 Å². The van der Waals surface area contributed by atoms with Crippen LogP contribution < -0.4 is 11.1 Å². The number of hydrogen-bond acceptors (Lipinski definition) is 6. The lowest BCUT2D eigenvalue weighted by Crippen LogP contribution is -2.38. The number of primary amides is 1. The molecule has 26 heavy (non-hydrogen) atoms. The van der Waals surface area contributed by atoms with Gasteiger partial charge in [-0.05, 0) is 25.8 Å². The first-order valence-corrected chi connectivity index (χ1v) is 8.68. The minimum atomic E-state index is -0.613. The predicted octanol–water partition coefficient (Wildman–Crippen LogP) is 1.57. The van der Waals surface area contributed by atoms with Gasteiger partial charge in [-0.1, -0.05) is 13.8 Å². The number of hydrogen-bond donors (Lipinski definition) is 3. The Labute approximate surface area is 151 Å². The van der Waals surface area contributed by atoms with Crippen molar-refractivity contribution in [3.05, 3.63) is 29.6 Å². The van der Waals surface area contributed by atoms with E-state index in [0.29, 0.717) is 23.2 Å². The molecule has 1 saturated carbocycles. The van der Waals surface area contributed by atoms with Gasteiger partial charge in [0.1, 0.15) is 0 Å². The highest BCUT2D eigenvalue weighted by Crippen LogP contribution is 2.40. The number of fused-ring (bicyclic) bond motifs is 1. The Bertz CT molecular complexity index is 858. The molecule has 0 aliphatic heterocycles. The highest BCUT2D eigenvalue weighted by atomic mass is 16.5. The van der Waals surface area contributed by atoms with Crippen molar-refractivity contribution in [1.29, 1.82) is 0 Å². The number of esters is 1. The Hall–Kier alpha value is -2.61. The fourth-order valence-electron chi connectivity index (χ4n) is 3.45. The average molecular weight is 360 g/mol. The quantitative estimate of drug-likeness (QED) is 0.697. The molecule has 1 fully saturated rings. The number of amides is 1. The van der Waals surface area contributed by atoms with Crippen LogP contribution in [0.3, 0.4) is 0 Å². The summed E-state index contributed by atoms with van der Waals surface area (Å²) in [4.78, 5) is 23.9. The second-order valence-electron chi connectivity index (χ2n) is 7.19. The van der Waals surface area contributed by atoms with Gasteiger partial charge >= 0.3 is 5.97 Å². The molecule has 0 spiro atoms. The number of aromatic nitrogens is 2. The first-order valence-electron chi connectivity index (χ1n) is 8.68. The normalized spacial score (nSPS) is 21.7. The van der Waals surface area contributed by atoms with Crippen LogP contribution in [0.1, 0.15) is 54.3 Å². The van der Waals surface area contributed by atoms with Crippen molar-refractivity contribution >= 4 is 23.1 Å². The minimum Gasteiger partial charge on any atom is -0.462 e. The molecule has 0 radical (unpaired) electrons. The summed E-state index contributed by atoms with van der Waals surface area (Å²) in [5.41, 5.74) is 6.80. The van der Waals surface area contributed by atoms with Gasteiger partial charge in [0.05, 0.1) is 41.2 Å². The SMILES string of the molecule is CCOC(=O)c1cc2c(NC3CCC(O)C3(C)C)c(C(N)=O)cnn2c1. The van der Waals surface area contributed by atoms with Gasteiger partial charge in [-0.15, -0.1) is 0 Å². The van der Waals surface area contributed by atoms with E-state index in [2.05, 4.69) is 10.4 Å². The van der Waals surface area contributed by atoms with Gasteiger partial charge in [0.15, 0.2) is 0 Å². The molecular formula is C18H24N4O4. The van der Waals surface area contributed by atoms with Crippen LogP contribution in [0.4, 0.5) is 5.69 Å². The molecule has 140 valence electrons. The zero-order chi connectivity index (χ0) is 19.1. The summed E-state index contributed by atoms with van der Waals surface area (Å²) < 4.78 is 6.54. The number of carbonyl (C=O) groups is 2. The van der Waals surface area contributed by atoms with Crippen molar-refractivity contribution in [2.24, 2.45) is 11.1 Å². The molecule has 3 rings (SSSR count). The number of anilines is 1. The summed E-state index contributed by atoms with van der Waals surface area (Å²) in [7, 11) is 0. The summed E-state index contributed by atoms with van der Waals surface area (Å²) in [6.45, 7) is 5.96. The third-order valence-electron chi connectivity index (χ3n) is 5.22. The average Bonchev–Trinajstić information content (AvgIpc) is 3.11. The lowest BCUT2D eigenvalue weighted by atomic mass is 9.85. The summed E-state index contributed by atoms with van der Waals surface area (Å²) in [5.74, 6) is -1.07. The number of nitrogens with one attached hydrogen (secondary N) is 1. The van der Waals surface area contributed by atoms with E-state index in [4.69, 9.17) is 10.5 Å². The van der Waals surface area contributed by atoms with E-state index >= 15 is 0 Å². The monoisotopic (exact) mass is 360 g/mol. The Morgan fingerprint density at radius 2 is 2.19 bits per heavy atom. The topological polar surface area (TPSA) is 119 Å². The number of aliphatic hydroxyl groups excluding tert-OH is 1. The maximum absolute atomic E-state index is 12.0. The maximum atomic E-state index is 12.0. The van der Waals surface area contributed by atoms with Crippen LogP contribution in [0.2, 0.25) is 0 Å². The Morgan fingerprint density at radius 1 is 1.46 bits per heavy atom. The lowest BCUT2D eigenvalue weighted by Gasteiger charge is -2.32. The summed E-state index contributed by atoms with van der Waals surface area (Å²) in [5, 5.41) is 17.8. The van der Waals surface area contributed by atoms with E-state index < -0.39 is 18.0 Å². The van der Waals surface area contributed by atoms with Crippen molar-refractivity contribution in [1.82, 2.24) is 9.61 Å². The molecule has 0 aromatic carbocycles. The summed E-state index contributed by atoms with van der Waals surface area (Å²) in [6.07, 6.45) is 3.93. The molecule has 1 amide bonds. The molecule has 2 unspecified atom stereocenters. The third kappa shape index (κ3) is 3.01. The fraction of sp³-hybridized carbons (Fsp3) is 0.500. The number of nitrogens with two attached hydrogens (primary N) is 1. The van der Waals surface area contributed by atoms with Gasteiger partial charge in [0.25, 0.3) is 5.91 Å². The van der Waals surface area contributed by atoms with Gasteiger partial charge in [-0.2, -0.15) is 5.10 Å². The van der Waals surface area contributed by atoms with Crippen LogP contribution in [0.25, 0.3) is 5.52 Å². The van der Waals surface area contributed by atoms with Crippen LogP contribution in [-0.2, 0) is 4.74 Å². The second kappa shape index (κ2) is 6.60. The van der Waals surface area contributed by atoms with Crippen LogP contribution in [0, 0.1) is 5.41 Å². The third-order valence-corrected chi connectivity index (χ3v) is 5.22. The maximum Gasteiger partial charge on any atom is 0.339 e. The largest absolute Gasteiger partial charge is 0.462 e. The molecule has 8 nitrogen and oxygen atoms in total. The zero-order valence-corrected chi connectivity index (χ0v) is 15.2. The van der Waals surface area contributed by atoms with Crippen molar-refractivity contribution in [3.8, 4) is 0 Å². The van der Waals surface area contributed by atoms with Gasteiger partial charge in [-0.25, -0.2) is 9.31 Å². The first kappa shape index (κ1) is 18.2. The number of rotatable bonds is 5. The van der Waals surface area contributed by atoms with Crippen LogP contribution >= 0.6 is 0 Å². The number of nitrogens with zero attached hydrogens (tertiary/aromatic N) is 2. The molecule has 0 bridgehead atoms. The van der Waals surface area contributed by atoms with Gasteiger partial charge in [0, 0.05) is 17.7 Å². The molecule has 1 aliphatic rings. The Balaban J connectivity index is 2.07. The molecule has 1 aliphatic carbocycles. The minimum absolute atomic E-state index is 0.0530. The standard InChI is InChI=1S/C18H24N4O4/c1-4-26-17(25)10-7-12-15(11(16(19)24)8-20-22(12)9-10)21-13-5-6-14(23)18(13,2)3/h7-9,13-14,21,23H,4-6H2,1-3H3,(H2,19,24). The highest BCUT2D eigenvalue weighted by Gasteiger charge is 2.42. The highest BCUT2D eigenvalue weighted by molar-refractivity contribution is 6.03. The molecule has 0 saturated heterocycles. The second-order valence-corrected chi connectivity index (χ2v) is 7.19. The van der Waals surface area contributed by atoms with Crippen molar-refractivity contribution in [2.75, 3.05) is 11.9 Å². The van der Waals surface area contributed by atoms with Crippen LogP contribution in [0.5, 0.6) is 0 Å². The smallest absolute Gasteiger partial charge is 0.339 e. The molecule has 2 aromatic heterocycles. The number of carbonyl (C=O) groups excluding carboxylic acids is 2.